The van der Waals surface area contributed by atoms with Gasteiger partial charge in [-0.05, 0) is 23.6 Å². The monoisotopic (exact) mass is 317 g/mol. The maximum absolute atomic E-state index is 12.1. The van der Waals surface area contributed by atoms with Gasteiger partial charge in [0, 0.05) is 12.5 Å². The topological polar surface area (TPSA) is 55.4 Å². The van der Waals surface area contributed by atoms with Gasteiger partial charge in [0.15, 0.2) is 0 Å². The lowest BCUT2D eigenvalue weighted by Crippen LogP contribution is -2.35. The van der Waals surface area contributed by atoms with Crippen LogP contribution in [0.1, 0.15) is 11.1 Å². The van der Waals surface area contributed by atoms with Crippen molar-refractivity contribution in [2.75, 3.05) is 13.2 Å². The zero-order chi connectivity index (χ0) is 15.4. The van der Waals surface area contributed by atoms with Crippen molar-refractivity contribution in [3.63, 3.8) is 0 Å². The molecule has 1 unspecified atom stereocenters. The van der Waals surface area contributed by atoms with Gasteiger partial charge < -0.3 is 4.74 Å². The molecule has 1 aliphatic rings. The summed E-state index contributed by atoms with van der Waals surface area (Å²) in [6.45, 7) is 0.953. The second-order valence-electron chi connectivity index (χ2n) is 5.58. The number of hydrogen-bond acceptors (Lipinski definition) is 3. The number of rotatable bonds is 5. The van der Waals surface area contributed by atoms with Crippen molar-refractivity contribution in [1.82, 2.24) is 4.72 Å². The van der Waals surface area contributed by atoms with Crippen molar-refractivity contribution in [3.8, 4) is 5.75 Å². The normalized spacial score (nSPS) is 17.5. The van der Waals surface area contributed by atoms with Crippen LogP contribution in [-0.4, -0.2) is 21.6 Å². The Kier molecular flexibility index (Phi) is 4.45. The minimum absolute atomic E-state index is 0.0119. The van der Waals surface area contributed by atoms with E-state index >= 15 is 0 Å². The number of fused-ring (bicyclic) bond motifs is 1. The summed E-state index contributed by atoms with van der Waals surface area (Å²) in [7, 11) is -3.32. The van der Waals surface area contributed by atoms with E-state index in [4.69, 9.17) is 4.74 Å². The Morgan fingerprint density at radius 2 is 1.77 bits per heavy atom. The van der Waals surface area contributed by atoms with Crippen LogP contribution in [-0.2, 0) is 22.2 Å². The molecule has 0 aliphatic carbocycles. The lowest BCUT2D eigenvalue weighted by molar-refractivity contribution is 0.223. The number of hydrogen-bond donors (Lipinski definition) is 1. The molecule has 5 heteroatoms. The highest BCUT2D eigenvalue weighted by molar-refractivity contribution is 7.88. The summed E-state index contributed by atoms with van der Waals surface area (Å²) < 4.78 is 32.7. The summed E-state index contributed by atoms with van der Waals surface area (Å²) in [6.07, 6.45) is 0.837. The molecule has 0 amide bonds. The van der Waals surface area contributed by atoms with Crippen molar-refractivity contribution in [1.29, 1.82) is 0 Å². The Hall–Kier alpha value is -1.85. The van der Waals surface area contributed by atoms with Gasteiger partial charge in [-0.3, -0.25) is 0 Å². The summed E-state index contributed by atoms with van der Waals surface area (Å²) in [5.74, 6) is 1.09. The molecular weight excluding hydrogens is 298 g/mol. The molecular formula is C17H19NO3S. The van der Waals surface area contributed by atoms with Crippen molar-refractivity contribution >= 4 is 10.0 Å². The quantitative estimate of drug-likeness (QED) is 0.921. The van der Waals surface area contributed by atoms with Gasteiger partial charge in [0.25, 0.3) is 0 Å². The van der Waals surface area contributed by atoms with Gasteiger partial charge in [-0.15, -0.1) is 0 Å². The van der Waals surface area contributed by atoms with Gasteiger partial charge >= 0.3 is 0 Å². The molecule has 4 nitrogen and oxygen atoms in total. The first kappa shape index (κ1) is 15.1. The average molecular weight is 317 g/mol. The molecule has 0 radical (unpaired) electrons. The first-order valence-electron chi connectivity index (χ1n) is 7.34. The van der Waals surface area contributed by atoms with Gasteiger partial charge in [-0.25, -0.2) is 13.1 Å². The predicted octanol–water partition coefficient (Wildman–Crippen LogP) is 2.36. The number of benzene rings is 2. The molecule has 22 heavy (non-hydrogen) atoms. The van der Waals surface area contributed by atoms with Gasteiger partial charge in [0.1, 0.15) is 5.75 Å². The fraction of sp³-hybridized carbons (Fsp3) is 0.294. The smallest absolute Gasteiger partial charge is 0.215 e. The summed E-state index contributed by atoms with van der Waals surface area (Å²) in [4.78, 5) is 0. The van der Waals surface area contributed by atoms with E-state index in [0.717, 1.165) is 23.3 Å². The highest BCUT2D eigenvalue weighted by Gasteiger charge is 2.21. The molecule has 116 valence electrons. The van der Waals surface area contributed by atoms with Crippen LogP contribution in [0, 0.1) is 5.92 Å². The molecule has 1 N–H and O–H groups in total. The second-order valence-corrected chi connectivity index (χ2v) is 7.39. The lowest BCUT2D eigenvalue weighted by atomic mass is 9.97. The highest BCUT2D eigenvalue weighted by atomic mass is 32.2. The summed E-state index contributed by atoms with van der Waals surface area (Å²) in [6, 6.07) is 17.1. The van der Waals surface area contributed by atoms with Crippen LogP contribution in [0.15, 0.2) is 54.6 Å². The summed E-state index contributed by atoms with van der Waals surface area (Å²) in [5, 5.41) is 0. The molecule has 0 bridgehead atoms. The molecule has 1 aliphatic heterocycles. The van der Waals surface area contributed by atoms with Crippen LogP contribution in [0.4, 0.5) is 0 Å². The van der Waals surface area contributed by atoms with E-state index in [1.54, 1.807) is 0 Å². The van der Waals surface area contributed by atoms with E-state index in [1.807, 2.05) is 54.6 Å². The molecule has 3 rings (SSSR count). The first-order chi connectivity index (χ1) is 10.6. The minimum atomic E-state index is -3.32. The van der Waals surface area contributed by atoms with E-state index in [-0.39, 0.29) is 11.7 Å². The van der Waals surface area contributed by atoms with Crippen LogP contribution in [0.5, 0.6) is 5.75 Å². The predicted molar refractivity (Wildman–Crippen MR) is 86.2 cm³/mol. The Labute approximate surface area is 131 Å². The third-order valence-corrected chi connectivity index (χ3v) is 5.07. The maximum atomic E-state index is 12.1. The molecule has 2 aromatic carbocycles. The van der Waals surface area contributed by atoms with Crippen LogP contribution in [0.2, 0.25) is 0 Å². The number of nitrogens with one attached hydrogen (secondary N) is 1. The second kappa shape index (κ2) is 6.50. The Bertz CT molecular complexity index is 729. The van der Waals surface area contributed by atoms with Crippen molar-refractivity contribution in [2.24, 2.45) is 5.92 Å². The van der Waals surface area contributed by atoms with E-state index in [9.17, 15) is 8.42 Å². The largest absolute Gasteiger partial charge is 0.493 e. The minimum Gasteiger partial charge on any atom is -0.493 e. The molecule has 0 spiro atoms. The zero-order valence-corrected chi connectivity index (χ0v) is 13.1. The molecule has 0 saturated heterocycles. The molecule has 0 aromatic heterocycles. The Morgan fingerprint density at radius 3 is 2.59 bits per heavy atom. The van der Waals surface area contributed by atoms with E-state index < -0.39 is 10.0 Å². The fourth-order valence-electron chi connectivity index (χ4n) is 2.61. The standard InChI is InChI=1S/C17H19NO3S/c19-22(20,13-14-6-2-1-3-7-14)18-11-15-10-16-8-4-5-9-17(16)21-12-15/h1-9,15,18H,10-13H2. The van der Waals surface area contributed by atoms with Gasteiger partial charge in [0.05, 0.1) is 12.4 Å². The maximum Gasteiger partial charge on any atom is 0.215 e. The van der Waals surface area contributed by atoms with Crippen LogP contribution < -0.4 is 9.46 Å². The summed E-state index contributed by atoms with van der Waals surface area (Å²) >= 11 is 0. The Morgan fingerprint density at radius 1 is 1.05 bits per heavy atom. The molecule has 0 saturated carbocycles. The van der Waals surface area contributed by atoms with E-state index in [1.165, 1.54) is 0 Å². The first-order valence-corrected chi connectivity index (χ1v) is 8.99. The number of ether oxygens (including phenoxy) is 1. The van der Waals surface area contributed by atoms with Crippen molar-refractivity contribution < 1.29 is 13.2 Å². The number of sulfonamides is 1. The zero-order valence-electron chi connectivity index (χ0n) is 12.2. The molecule has 0 fully saturated rings. The van der Waals surface area contributed by atoms with Crippen LogP contribution in [0.25, 0.3) is 0 Å². The van der Waals surface area contributed by atoms with Gasteiger partial charge in [-0.2, -0.15) is 0 Å². The molecule has 1 atom stereocenters. The third-order valence-electron chi connectivity index (χ3n) is 3.75. The summed E-state index contributed by atoms with van der Waals surface area (Å²) in [5.41, 5.74) is 1.93. The van der Waals surface area contributed by atoms with Crippen molar-refractivity contribution in [3.05, 3.63) is 65.7 Å². The highest BCUT2D eigenvalue weighted by Crippen LogP contribution is 2.26. The SMILES string of the molecule is O=S(=O)(Cc1ccccc1)NCC1COc2ccccc2C1. The average Bonchev–Trinajstić information content (AvgIpc) is 2.53. The van der Waals surface area contributed by atoms with Crippen LogP contribution in [0.3, 0.4) is 0 Å². The van der Waals surface area contributed by atoms with Crippen LogP contribution >= 0.6 is 0 Å². The van der Waals surface area contributed by atoms with E-state index in [0.29, 0.717) is 13.2 Å². The lowest BCUT2D eigenvalue weighted by Gasteiger charge is -2.25. The van der Waals surface area contributed by atoms with Gasteiger partial charge in [0.2, 0.25) is 10.0 Å². The number of para-hydroxylation sites is 1. The fourth-order valence-corrected chi connectivity index (χ4v) is 3.83. The molecule has 1 heterocycles. The third kappa shape index (κ3) is 3.87. The van der Waals surface area contributed by atoms with Crippen molar-refractivity contribution in [2.45, 2.75) is 12.2 Å². The van der Waals surface area contributed by atoms with Gasteiger partial charge in [-0.1, -0.05) is 48.5 Å². The Balaban J connectivity index is 1.57. The molecule has 2 aromatic rings. The van der Waals surface area contributed by atoms with E-state index in [2.05, 4.69) is 4.72 Å².